The predicted molar refractivity (Wildman–Crippen MR) is 53.2 cm³/mol. The lowest BCUT2D eigenvalue weighted by molar-refractivity contribution is 0.151. The average molecular weight is 217 g/mol. The monoisotopic (exact) mass is 217 g/mol. The van der Waals surface area contributed by atoms with Crippen LogP contribution in [0.4, 0.5) is 13.2 Å². The van der Waals surface area contributed by atoms with E-state index in [1.54, 1.807) is 0 Å². The van der Waals surface area contributed by atoms with Crippen molar-refractivity contribution in [2.45, 2.75) is 32.2 Å². The molecule has 1 atom stereocenters. The lowest BCUT2D eigenvalue weighted by Gasteiger charge is -2.13. The van der Waals surface area contributed by atoms with Gasteiger partial charge in [-0.2, -0.15) is 0 Å². The Morgan fingerprint density at radius 1 is 1.33 bits per heavy atom. The number of nitrogens with two attached hydrogens (primary N) is 1. The van der Waals surface area contributed by atoms with E-state index in [1.165, 1.54) is 0 Å². The van der Waals surface area contributed by atoms with Crippen molar-refractivity contribution in [2.24, 2.45) is 5.73 Å². The maximum absolute atomic E-state index is 13.3. The van der Waals surface area contributed by atoms with Gasteiger partial charge >= 0.3 is 0 Å². The highest BCUT2D eigenvalue weighted by Gasteiger charge is 2.14. The first-order valence-corrected chi connectivity index (χ1v) is 4.89. The van der Waals surface area contributed by atoms with E-state index in [1.807, 2.05) is 6.92 Å². The van der Waals surface area contributed by atoms with Gasteiger partial charge in [0.05, 0.1) is 0 Å². The summed E-state index contributed by atoms with van der Waals surface area (Å²) in [7, 11) is 0. The van der Waals surface area contributed by atoms with E-state index >= 15 is 0 Å². The summed E-state index contributed by atoms with van der Waals surface area (Å²) in [6.07, 6.45) is -1.21. The topological polar surface area (TPSA) is 26.0 Å². The summed E-state index contributed by atoms with van der Waals surface area (Å²) in [5.41, 5.74) is 5.68. The average Bonchev–Trinajstić information content (AvgIpc) is 2.18. The number of hydrogen-bond acceptors (Lipinski definition) is 1. The molecule has 0 aliphatic carbocycles. The molecule has 4 heteroatoms. The van der Waals surface area contributed by atoms with Crippen molar-refractivity contribution in [3.05, 3.63) is 35.1 Å². The highest BCUT2D eigenvalue weighted by Crippen LogP contribution is 2.25. The molecule has 1 nitrogen and oxygen atoms in total. The summed E-state index contributed by atoms with van der Waals surface area (Å²) < 4.78 is 38.0. The van der Waals surface area contributed by atoms with Crippen LogP contribution in [-0.2, 0) is 0 Å². The number of halogens is 3. The second-order valence-corrected chi connectivity index (χ2v) is 3.48. The summed E-state index contributed by atoms with van der Waals surface area (Å²) in [4.78, 5) is 0. The molecule has 0 fully saturated rings. The van der Waals surface area contributed by atoms with E-state index < -0.39 is 18.3 Å². The molecule has 84 valence electrons. The summed E-state index contributed by atoms with van der Waals surface area (Å²) in [6.45, 7) is 1.91. The maximum atomic E-state index is 13.3. The van der Waals surface area contributed by atoms with E-state index in [4.69, 9.17) is 5.73 Å². The molecule has 2 N–H and O–H groups in total. The van der Waals surface area contributed by atoms with Gasteiger partial charge in [0.15, 0.2) is 0 Å². The van der Waals surface area contributed by atoms with E-state index in [9.17, 15) is 13.2 Å². The van der Waals surface area contributed by atoms with Gasteiger partial charge < -0.3 is 5.73 Å². The molecule has 0 heterocycles. The van der Waals surface area contributed by atoms with Crippen LogP contribution in [0.15, 0.2) is 18.2 Å². The smallest absolute Gasteiger partial charge is 0.263 e. The van der Waals surface area contributed by atoms with Gasteiger partial charge in [-0.25, -0.2) is 13.2 Å². The van der Waals surface area contributed by atoms with E-state index in [-0.39, 0.29) is 11.1 Å². The molecule has 0 unspecified atom stereocenters. The van der Waals surface area contributed by atoms with E-state index in [2.05, 4.69) is 0 Å². The highest BCUT2D eigenvalue weighted by atomic mass is 19.3. The molecule has 0 aromatic heterocycles. The Balaban J connectivity index is 2.99. The summed E-state index contributed by atoms with van der Waals surface area (Å²) in [5, 5.41) is 0. The Morgan fingerprint density at radius 3 is 2.53 bits per heavy atom. The van der Waals surface area contributed by atoms with Crippen LogP contribution >= 0.6 is 0 Å². The van der Waals surface area contributed by atoms with Crippen LogP contribution in [0.1, 0.15) is 43.4 Å². The minimum atomic E-state index is -2.59. The first kappa shape index (κ1) is 12.0. The Labute approximate surface area is 87.1 Å². The van der Waals surface area contributed by atoms with Gasteiger partial charge in [-0.15, -0.1) is 0 Å². The molecule has 0 radical (unpaired) electrons. The third kappa shape index (κ3) is 2.96. The first-order chi connectivity index (χ1) is 7.06. The van der Waals surface area contributed by atoms with Gasteiger partial charge in [-0.3, -0.25) is 0 Å². The molecule has 15 heavy (non-hydrogen) atoms. The van der Waals surface area contributed by atoms with Crippen molar-refractivity contribution in [3.8, 4) is 0 Å². The van der Waals surface area contributed by atoms with Crippen LogP contribution in [0.3, 0.4) is 0 Å². The number of benzene rings is 1. The molecule has 0 aliphatic heterocycles. The van der Waals surface area contributed by atoms with Crippen LogP contribution in [0.5, 0.6) is 0 Å². The van der Waals surface area contributed by atoms with Gasteiger partial charge in [-0.1, -0.05) is 19.4 Å². The fraction of sp³-hybridized carbons (Fsp3) is 0.455. The number of hydrogen-bond donors (Lipinski definition) is 1. The molecular weight excluding hydrogens is 203 g/mol. The van der Waals surface area contributed by atoms with Crippen LogP contribution < -0.4 is 5.73 Å². The van der Waals surface area contributed by atoms with Gasteiger partial charge in [0.25, 0.3) is 6.43 Å². The molecular formula is C11H14F3N. The van der Waals surface area contributed by atoms with Crippen molar-refractivity contribution >= 4 is 0 Å². The van der Waals surface area contributed by atoms with Gasteiger partial charge in [0.2, 0.25) is 0 Å². The molecule has 1 aromatic carbocycles. The Hall–Kier alpha value is -1.03. The molecule has 0 saturated heterocycles. The van der Waals surface area contributed by atoms with Crippen molar-refractivity contribution in [2.75, 3.05) is 0 Å². The zero-order valence-electron chi connectivity index (χ0n) is 8.51. The predicted octanol–water partition coefficient (Wildman–Crippen LogP) is 3.56. The summed E-state index contributed by atoms with van der Waals surface area (Å²) in [6, 6.07) is 2.78. The molecule has 0 spiro atoms. The van der Waals surface area contributed by atoms with Gasteiger partial charge in [-0.05, 0) is 18.6 Å². The first-order valence-electron chi connectivity index (χ1n) is 4.89. The number of rotatable bonds is 4. The van der Waals surface area contributed by atoms with Crippen molar-refractivity contribution in [1.82, 2.24) is 0 Å². The van der Waals surface area contributed by atoms with Gasteiger partial charge in [0.1, 0.15) is 5.82 Å². The normalized spacial score (nSPS) is 13.2. The third-order valence-corrected chi connectivity index (χ3v) is 2.27. The molecule has 0 amide bonds. The Kier molecular flexibility index (Phi) is 4.15. The SMILES string of the molecule is CCC[C@@H](N)c1cc(C(F)F)ccc1F. The minimum absolute atomic E-state index is 0.176. The zero-order chi connectivity index (χ0) is 11.4. The fourth-order valence-corrected chi connectivity index (χ4v) is 1.45. The summed E-state index contributed by atoms with van der Waals surface area (Å²) >= 11 is 0. The molecule has 0 bridgehead atoms. The maximum Gasteiger partial charge on any atom is 0.263 e. The van der Waals surface area contributed by atoms with Crippen molar-refractivity contribution < 1.29 is 13.2 Å². The highest BCUT2D eigenvalue weighted by molar-refractivity contribution is 5.28. The quantitative estimate of drug-likeness (QED) is 0.819. The zero-order valence-corrected chi connectivity index (χ0v) is 8.51. The van der Waals surface area contributed by atoms with E-state index in [0.29, 0.717) is 6.42 Å². The molecule has 0 aliphatic rings. The molecule has 1 rings (SSSR count). The summed E-state index contributed by atoms with van der Waals surface area (Å²) in [5.74, 6) is -0.514. The van der Waals surface area contributed by atoms with Crippen molar-refractivity contribution in [3.63, 3.8) is 0 Å². The Bertz CT molecular complexity index is 326. The van der Waals surface area contributed by atoms with Crippen LogP contribution in [-0.4, -0.2) is 0 Å². The second-order valence-electron chi connectivity index (χ2n) is 3.48. The Morgan fingerprint density at radius 2 is 2.00 bits per heavy atom. The third-order valence-electron chi connectivity index (χ3n) is 2.27. The van der Waals surface area contributed by atoms with E-state index in [0.717, 1.165) is 24.6 Å². The largest absolute Gasteiger partial charge is 0.324 e. The number of alkyl halides is 2. The van der Waals surface area contributed by atoms with Crippen LogP contribution in [0.25, 0.3) is 0 Å². The van der Waals surface area contributed by atoms with Gasteiger partial charge in [0, 0.05) is 17.2 Å². The fourth-order valence-electron chi connectivity index (χ4n) is 1.45. The van der Waals surface area contributed by atoms with Crippen molar-refractivity contribution in [1.29, 1.82) is 0 Å². The lowest BCUT2D eigenvalue weighted by Crippen LogP contribution is -2.12. The lowest BCUT2D eigenvalue weighted by atomic mass is 10.0. The molecule has 0 saturated carbocycles. The second kappa shape index (κ2) is 5.16. The minimum Gasteiger partial charge on any atom is -0.324 e. The van der Waals surface area contributed by atoms with Crippen LogP contribution in [0, 0.1) is 5.82 Å². The molecule has 1 aromatic rings. The van der Waals surface area contributed by atoms with Crippen LogP contribution in [0.2, 0.25) is 0 Å². The standard InChI is InChI=1S/C11H14F3N/c1-2-3-10(15)8-6-7(11(13)14)4-5-9(8)12/h4-6,10-11H,2-3,15H2,1H3/t10-/m1/s1.